The molecule has 1 aromatic heterocycles. The first-order chi connectivity index (χ1) is 7.24. The maximum absolute atomic E-state index is 11.5. The van der Waals surface area contributed by atoms with E-state index >= 15 is 0 Å². The highest BCUT2D eigenvalue weighted by Gasteiger charge is 2.09. The molecule has 2 rings (SSSR count). The van der Waals surface area contributed by atoms with Gasteiger partial charge in [0.2, 0.25) is 0 Å². The van der Waals surface area contributed by atoms with Crippen molar-refractivity contribution in [3.8, 4) is 0 Å². The molecule has 5 heteroatoms. The van der Waals surface area contributed by atoms with Crippen LogP contribution >= 0.6 is 15.9 Å². The van der Waals surface area contributed by atoms with Gasteiger partial charge in [-0.2, -0.15) is 0 Å². The number of nitrogen functional groups attached to an aromatic ring is 1. The Labute approximate surface area is 94.6 Å². The second kappa shape index (κ2) is 3.96. The first-order valence-corrected chi connectivity index (χ1v) is 5.07. The van der Waals surface area contributed by atoms with E-state index in [1.807, 2.05) is 18.2 Å². The van der Waals surface area contributed by atoms with Crippen molar-refractivity contribution < 1.29 is 4.79 Å². The standard InChI is InChI=1S/C10H8BrN3O/c11-8-3-1-2-6-7(10(15)14-12)4-5-13-9(6)8/h1-5H,12H2,(H,14,15). The van der Waals surface area contributed by atoms with Crippen molar-refractivity contribution in [2.75, 3.05) is 0 Å². The molecule has 2 aromatic rings. The SMILES string of the molecule is NNC(=O)c1ccnc2c(Br)cccc12. The lowest BCUT2D eigenvalue weighted by atomic mass is 10.1. The minimum absolute atomic E-state index is 0.319. The normalized spacial score (nSPS) is 10.3. The fraction of sp³-hybridized carbons (Fsp3) is 0. The van der Waals surface area contributed by atoms with Crippen LogP contribution in [0.25, 0.3) is 10.9 Å². The first-order valence-electron chi connectivity index (χ1n) is 4.28. The Bertz CT molecular complexity index is 527. The van der Waals surface area contributed by atoms with Gasteiger partial charge >= 0.3 is 0 Å². The van der Waals surface area contributed by atoms with Gasteiger partial charge < -0.3 is 0 Å². The number of carbonyl (C=O) groups excluding carboxylic acids is 1. The lowest BCUT2D eigenvalue weighted by Crippen LogP contribution is -2.30. The molecule has 0 unspecified atom stereocenters. The lowest BCUT2D eigenvalue weighted by molar-refractivity contribution is 0.0955. The Morgan fingerprint density at radius 2 is 2.20 bits per heavy atom. The van der Waals surface area contributed by atoms with Crippen molar-refractivity contribution in [1.29, 1.82) is 0 Å². The number of hydrazine groups is 1. The van der Waals surface area contributed by atoms with E-state index < -0.39 is 0 Å². The summed E-state index contributed by atoms with van der Waals surface area (Å²) in [6.07, 6.45) is 1.58. The topological polar surface area (TPSA) is 68.0 Å². The van der Waals surface area contributed by atoms with E-state index in [0.717, 1.165) is 15.4 Å². The van der Waals surface area contributed by atoms with Crippen LogP contribution in [0.5, 0.6) is 0 Å². The zero-order valence-corrected chi connectivity index (χ0v) is 9.28. The van der Waals surface area contributed by atoms with Gasteiger partial charge in [0.15, 0.2) is 0 Å². The fourth-order valence-corrected chi connectivity index (χ4v) is 1.88. The van der Waals surface area contributed by atoms with E-state index in [9.17, 15) is 4.79 Å². The molecule has 0 aliphatic heterocycles. The first kappa shape index (κ1) is 10.1. The number of benzene rings is 1. The molecule has 0 fully saturated rings. The van der Waals surface area contributed by atoms with Gasteiger partial charge in [0.25, 0.3) is 5.91 Å². The van der Waals surface area contributed by atoms with Crippen LogP contribution in [0.4, 0.5) is 0 Å². The highest BCUT2D eigenvalue weighted by molar-refractivity contribution is 9.10. The molecule has 0 saturated heterocycles. The van der Waals surface area contributed by atoms with Gasteiger partial charge in [0.1, 0.15) is 0 Å². The molecule has 76 valence electrons. The number of aromatic nitrogens is 1. The number of para-hydroxylation sites is 1. The summed E-state index contributed by atoms with van der Waals surface area (Å²) >= 11 is 3.38. The molecular weight excluding hydrogens is 258 g/mol. The predicted molar refractivity (Wildman–Crippen MR) is 61.1 cm³/mol. The largest absolute Gasteiger partial charge is 0.290 e. The molecule has 0 bridgehead atoms. The summed E-state index contributed by atoms with van der Waals surface area (Å²) in [5.41, 5.74) is 3.38. The quantitative estimate of drug-likeness (QED) is 0.468. The summed E-state index contributed by atoms with van der Waals surface area (Å²) < 4.78 is 0.853. The third-order valence-corrected chi connectivity index (χ3v) is 2.74. The van der Waals surface area contributed by atoms with Crippen molar-refractivity contribution in [2.45, 2.75) is 0 Å². The van der Waals surface area contributed by atoms with Crippen LogP contribution in [0.15, 0.2) is 34.9 Å². The van der Waals surface area contributed by atoms with Gasteiger partial charge in [0.05, 0.1) is 11.1 Å². The minimum atomic E-state index is -0.319. The summed E-state index contributed by atoms with van der Waals surface area (Å²) in [5, 5.41) is 0.773. The van der Waals surface area contributed by atoms with Crippen molar-refractivity contribution in [1.82, 2.24) is 10.4 Å². The average molecular weight is 266 g/mol. The average Bonchev–Trinajstić information content (AvgIpc) is 2.28. The maximum Gasteiger partial charge on any atom is 0.265 e. The van der Waals surface area contributed by atoms with Crippen molar-refractivity contribution in [3.63, 3.8) is 0 Å². The fourth-order valence-electron chi connectivity index (χ4n) is 1.42. The Balaban J connectivity index is 2.77. The number of nitrogens with zero attached hydrogens (tertiary/aromatic N) is 1. The van der Waals surface area contributed by atoms with Crippen molar-refractivity contribution in [3.05, 3.63) is 40.5 Å². The van der Waals surface area contributed by atoms with Gasteiger partial charge in [-0.3, -0.25) is 15.2 Å². The monoisotopic (exact) mass is 265 g/mol. The van der Waals surface area contributed by atoms with E-state index in [-0.39, 0.29) is 5.91 Å². The molecule has 1 amide bonds. The van der Waals surface area contributed by atoms with Crippen LogP contribution in [-0.4, -0.2) is 10.9 Å². The number of amides is 1. The highest BCUT2D eigenvalue weighted by Crippen LogP contribution is 2.23. The minimum Gasteiger partial charge on any atom is -0.290 e. The van der Waals surface area contributed by atoms with Gasteiger partial charge in [-0.1, -0.05) is 12.1 Å². The number of halogens is 1. The number of fused-ring (bicyclic) bond motifs is 1. The van der Waals surface area contributed by atoms with Crippen LogP contribution in [-0.2, 0) is 0 Å². The number of nitrogens with two attached hydrogens (primary N) is 1. The Kier molecular flexibility index (Phi) is 2.66. The van der Waals surface area contributed by atoms with E-state index in [1.165, 1.54) is 0 Å². The smallest absolute Gasteiger partial charge is 0.265 e. The molecule has 0 radical (unpaired) electrons. The Morgan fingerprint density at radius 1 is 1.40 bits per heavy atom. The van der Waals surface area contributed by atoms with Crippen LogP contribution in [0.1, 0.15) is 10.4 Å². The molecule has 1 aromatic carbocycles. The molecule has 4 nitrogen and oxygen atoms in total. The highest BCUT2D eigenvalue weighted by atomic mass is 79.9. The molecule has 0 aliphatic rings. The number of pyridine rings is 1. The van der Waals surface area contributed by atoms with Crippen molar-refractivity contribution in [2.24, 2.45) is 5.84 Å². The van der Waals surface area contributed by atoms with Gasteiger partial charge in [-0.05, 0) is 28.1 Å². The summed E-state index contributed by atoms with van der Waals surface area (Å²) in [4.78, 5) is 15.6. The molecular formula is C10H8BrN3O. The molecule has 1 heterocycles. The second-order valence-corrected chi connectivity index (χ2v) is 3.82. The molecule has 15 heavy (non-hydrogen) atoms. The van der Waals surface area contributed by atoms with E-state index in [1.54, 1.807) is 12.3 Å². The molecule has 0 aliphatic carbocycles. The predicted octanol–water partition coefficient (Wildman–Crippen LogP) is 1.60. The lowest BCUT2D eigenvalue weighted by Gasteiger charge is -2.05. The summed E-state index contributed by atoms with van der Waals surface area (Å²) in [7, 11) is 0. The van der Waals surface area contributed by atoms with E-state index in [0.29, 0.717) is 5.56 Å². The number of nitrogens with one attached hydrogen (secondary N) is 1. The number of hydrogen-bond acceptors (Lipinski definition) is 3. The van der Waals surface area contributed by atoms with Crippen molar-refractivity contribution >= 4 is 32.7 Å². The van der Waals surface area contributed by atoms with Gasteiger partial charge in [-0.25, -0.2) is 5.84 Å². The summed E-state index contributed by atoms with van der Waals surface area (Å²) in [6.45, 7) is 0. The molecule has 0 atom stereocenters. The van der Waals surface area contributed by atoms with Gasteiger partial charge in [0, 0.05) is 16.1 Å². The summed E-state index contributed by atoms with van der Waals surface area (Å²) in [6, 6.07) is 7.19. The molecule has 3 N–H and O–H groups in total. The number of carbonyl (C=O) groups is 1. The zero-order chi connectivity index (χ0) is 10.8. The van der Waals surface area contributed by atoms with E-state index in [4.69, 9.17) is 5.84 Å². The van der Waals surface area contributed by atoms with Crippen LogP contribution in [0.2, 0.25) is 0 Å². The Morgan fingerprint density at radius 3 is 2.93 bits per heavy atom. The van der Waals surface area contributed by atoms with Crippen LogP contribution < -0.4 is 11.3 Å². The van der Waals surface area contributed by atoms with Crippen LogP contribution in [0.3, 0.4) is 0 Å². The maximum atomic E-state index is 11.5. The third-order valence-electron chi connectivity index (χ3n) is 2.10. The number of hydrogen-bond donors (Lipinski definition) is 2. The zero-order valence-electron chi connectivity index (χ0n) is 7.70. The molecule has 0 saturated carbocycles. The third kappa shape index (κ3) is 1.71. The van der Waals surface area contributed by atoms with E-state index in [2.05, 4.69) is 26.3 Å². The van der Waals surface area contributed by atoms with Gasteiger partial charge in [-0.15, -0.1) is 0 Å². The number of rotatable bonds is 1. The van der Waals surface area contributed by atoms with Crippen LogP contribution in [0, 0.1) is 0 Å². The Hall–Kier alpha value is -1.46. The summed E-state index contributed by atoms with van der Waals surface area (Å²) in [5.74, 6) is 4.78. The second-order valence-electron chi connectivity index (χ2n) is 2.97. The molecule has 0 spiro atoms.